The zero-order valence-electron chi connectivity index (χ0n) is 58.3. The summed E-state index contributed by atoms with van der Waals surface area (Å²) in [4.78, 5) is 114. The summed E-state index contributed by atoms with van der Waals surface area (Å²) >= 11 is 1.37. The maximum atomic E-state index is 13.9. The van der Waals surface area contributed by atoms with E-state index in [1.807, 2.05) is 60.1 Å². The zero-order chi connectivity index (χ0) is 74.8. The number of thiazole rings is 1. The molecule has 5 saturated carbocycles. The summed E-state index contributed by atoms with van der Waals surface area (Å²) in [6.45, 7) is 6.32. The van der Waals surface area contributed by atoms with Crippen LogP contribution in [0.15, 0.2) is 115 Å². The molecule has 7 aromatic rings. The van der Waals surface area contributed by atoms with E-state index in [-0.39, 0.29) is 109 Å². The number of aliphatic carboxylic acids is 1. The number of carbonyl (C=O) groups excluding carboxylic acids is 6. The molecule has 8 N–H and O–H groups in total. The van der Waals surface area contributed by atoms with Crippen molar-refractivity contribution in [3.05, 3.63) is 138 Å². The number of amides is 5. The summed E-state index contributed by atoms with van der Waals surface area (Å²) in [6, 6.07) is 26.6. The third-order valence-corrected chi connectivity index (χ3v) is 22.4. The number of pyridine rings is 1. The number of carbonyl (C=O) groups is 8. The third-order valence-electron chi connectivity index (χ3n) is 20.8. The first kappa shape index (κ1) is 75.1. The maximum absolute atomic E-state index is 13.9. The van der Waals surface area contributed by atoms with Crippen LogP contribution < -0.4 is 15.4 Å². The molecule has 3 aromatic heterocycles. The second-order valence-electron chi connectivity index (χ2n) is 29.3. The Hall–Kier alpha value is -9.62. The molecule has 0 spiro atoms. The summed E-state index contributed by atoms with van der Waals surface area (Å²) in [5.74, 6) is -6.68. The summed E-state index contributed by atoms with van der Waals surface area (Å²) in [7, 11) is -4.55. The number of aromatic carboxylic acids is 1. The van der Waals surface area contributed by atoms with Crippen molar-refractivity contribution in [2.75, 3.05) is 49.2 Å². The number of aromatic nitrogens is 4. The van der Waals surface area contributed by atoms with Gasteiger partial charge in [-0.25, -0.2) is 19.6 Å². The number of aliphatic hydroxyl groups is 3. The predicted octanol–water partition coefficient (Wildman–Crippen LogP) is 9.91. The number of aliphatic hydroxyl groups excluding tert-OH is 3. The largest absolute Gasteiger partial charge is 0.485 e. The Bertz CT molecular complexity index is 4670. The van der Waals surface area contributed by atoms with E-state index in [0.29, 0.717) is 76.3 Å². The van der Waals surface area contributed by atoms with Gasteiger partial charge in [0.15, 0.2) is 10.8 Å². The van der Waals surface area contributed by atoms with Crippen LogP contribution in [-0.4, -0.2) is 184 Å². The number of fused-ring (bicyclic) bond motifs is 2. The molecule has 4 bridgehead atoms. The highest BCUT2D eigenvalue weighted by atomic mass is 32.2. The number of ketones is 1. The fraction of sp³-hybridized carbons (Fsp3) is 0.434. The van der Waals surface area contributed by atoms with Crippen LogP contribution in [0, 0.1) is 29.1 Å². The normalized spacial score (nSPS) is 24.1. The minimum Gasteiger partial charge on any atom is -0.485 e. The van der Waals surface area contributed by atoms with E-state index in [1.165, 1.54) is 41.7 Å². The SMILES string of the molecule is Cc1c(-c2ccc(-c3ccc4cccc(C(=O)Nc5nc6ccccc6s5)c4c3)nc2C(=O)O)cnn1CC12CC3(C)CC(C)(C1)CC(OCCN(CCS(=O)(=O)O)C(=O)OC/C=C/c1ccc(O[C@@H]4C[C@H](C(=O)O)[C@@H](O)[C@H](O)[C@H]4O)c(NC(=O)CCCC(=O)CCCCCN4C(=O)C=CC4=O)c1)(C3)C2. The van der Waals surface area contributed by atoms with Gasteiger partial charge in [-0.1, -0.05) is 80.1 Å². The lowest BCUT2D eigenvalue weighted by atomic mass is 9.39. The van der Waals surface area contributed by atoms with Crippen molar-refractivity contribution in [2.24, 2.45) is 22.2 Å². The molecule has 0 radical (unpaired) electrons. The molecule has 29 heteroatoms. The Morgan fingerprint density at radius 3 is 2.26 bits per heavy atom. The summed E-state index contributed by atoms with van der Waals surface area (Å²) in [6.07, 6.45) is 5.93. The van der Waals surface area contributed by atoms with Crippen molar-refractivity contribution in [3.8, 4) is 28.1 Å². The Labute approximate surface area is 609 Å². The van der Waals surface area contributed by atoms with E-state index >= 15 is 0 Å². The van der Waals surface area contributed by atoms with Crippen LogP contribution in [-0.2, 0) is 50.1 Å². The van der Waals surface area contributed by atoms with Crippen molar-refractivity contribution in [1.29, 1.82) is 0 Å². The topological polar surface area (TPSA) is 394 Å². The van der Waals surface area contributed by atoms with Crippen molar-refractivity contribution >= 4 is 107 Å². The van der Waals surface area contributed by atoms with E-state index in [4.69, 9.17) is 24.3 Å². The minimum atomic E-state index is -4.55. The molecule has 27 nitrogen and oxygen atoms in total. The molecule has 7 atom stereocenters. The predicted molar refractivity (Wildman–Crippen MR) is 388 cm³/mol. The van der Waals surface area contributed by atoms with Gasteiger partial charge in [0.25, 0.3) is 27.8 Å². The number of nitrogens with zero attached hydrogens (tertiary/aromatic N) is 6. The number of hydrogen-bond donors (Lipinski definition) is 8. The van der Waals surface area contributed by atoms with Crippen molar-refractivity contribution < 1.29 is 91.1 Å². The van der Waals surface area contributed by atoms with Crippen LogP contribution in [0.1, 0.15) is 136 Å². The number of Topliss-reactive ketones (excluding diaryl/α,β-unsaturated/α-hetero) is 1. The second kappa shape index (κ2) is 30.8. The maximum Gasteiger partial charge on any atom is 0.410 e. The average molecular weight is 1480 g/mol. The summed E-state index contributed by atoms with van der Waals surface area (Å²) in [5.41, 5.74) is 2.98. The van der Waals surface area contributed by atoms with Crippen molar-refractivity contribution in [2.45, 2.75) is 147 Å². The molecular formula is C76H84N8O19S2. The molecule has 5 aliphatic carbocycles. The number of imide groups is 1. The van der Waals surface area contributed by atoms with E-state index in [2.05, 4.69) is 29.5 Å². The summed E-state index contributed by atoms with van der Waals surface area (Å²) < 4.78 is 55.6. The fourth-order valence-electron chi connectivity index (χ4n) is 17.1. The van der Waals surface area contributed by atoms with Gasteiger partial charge in [-0.2, -0.15) is 13.5 Å². The number of anilines is 2. The number of para-hydroxylation sites is 1. The van der Waals surface area contributed by atoms with E-state index in [1.54, 1.807) is 42.6 Å². The van der Waals surface area contributed by atoms with E-state index < -0.39 is 88.7 Å². The Morgan fingerprint density at radius 1 is 0.771 bits per heavy atom. The van der Waals surface area contributed by atoms with Crippen LogP contribution in [0.5, 0.6) is 5.75 Å². The lowest BCUT2D eigenvalue weighted by Gasteiger charge is -2.69. The first-order chi connectivity index (χ1) is 50.0. The Morgan fingerprint density at radius 2 is 1.52 bits per heavy atom. The number of carboxylic acids is 2. The Kier molecular flexibility index (Phi) is 22.0. The lowest BCUT2D eigenvalue weighted by molar-refractivity contribution is -0.248. The average Bonchev–Trinajstić information content (AvgIpc) is 0.856. The molecule has 5 fully saturated rings. The number of carboxylic acid groups (broad SMARTS) is 2. The van der Waals surface area contributed by atoms with Gasteiger partial charge >= 0.3 is 18.0 Å². The standard InChI is InChI=1S/C76H84N8O19S2/c1-45-54(50-23-24-55(79-64(50)70(95)96)48-22-21-47-13-9-16-51(52(47)35-48)68(92)81-71-80-56-17-6-7-18-60(56)104-71)37-77-84(45)44-75-39-73(2)38-74(3,40-75)42-76(41-73,43-75)102-32-29-82(30-33-105(98,99)100)72(97)101-31-11-12-46-20-25-58(103-59-36-53(69(93)94)65(89)67(91)66(59)90)57(34-46)78-61(86)19-10-15-49(85)14-5-4-8-28-83-62(87)26-27-63(83)88/h6-7,9,11-13,16-18,20-27,34-35,37,53,59,65-67,89-91H,4-5,8,10,14-15,19,28-33,36,38-44H2,1-3H3,(H,78,86)(H,93,94)(H,95,96)(H,80,81,92)(H,98,99,100)/b12-11+/t53-,59+,65+,66-,67-,73?,74?,75?,76?/m0/s1. The quantitative estimate of drug-likeness (QED) is 0.0114. The molecule has 1 aliphatic heterocycles. The molecule has 13 rings (SSSR count). The Balaban J connectivity index is 0.686. The van der Waals surface area contributed by atoms with Crippen molar-refractivity contribution in [1.82, 2.24) is 29.5 Å². The van der Waals surface area contributed by atoms with Gasteiger partial charge in [0.05, 0.1) is 57.8 Å². The number of benzene rings is 4. The molecule has 2 unspecified atom stereocenters. The molecule has 0 saturated heterocycles. The van der Waals surface area contributed by atoms with Crippen LogP contribution >= 0.6 is 11.3 Å². The molecule has 4 aromatic carbocycles. The number of hydrogen-bond acceptors (Lipinski definition) is 20. The van der Waals surface area contributed by atoms with Gasteiger partial charge in [-0.15, -0.1) is 0 Å². The number of ether oxygens (including phenoxy) is 3. The molecule has 554 valence electrons. The molecule has 6 aliphatic rings. The molecular weight excluding hydrogens is 1390 g/mol. The van der Waals surface area contributed by atoms with Gasteiger partial charge in [-0.3, -0.25) is 48.2 Å². The van der Waals surface area contributed by atoms with Crippen LogP contribution in [0.25, 0.3) is 49.4 Å². The number of unbranched alkanes of at least 4 members (excludes halogenated alkanes) is 2. The van der Waals surface area contributed by atoms with Gasteiger partial charge in [0.1, 0.15) is 36.5 Å². The molecule has 4 heterocycles. The lowest BCUT2D eigenvalue weighted by Crippen LogP contribution is -2.64. The zero-order valence-corrected chi connectivity index (χ0v) is 59.9. The highest BCUT2D eigenvalue weighted by molar-refractivity contribution is 7.85. The van der Waals surface area contributed by atoms with E-state index in [9.17, 15) is 76.9 Å². The molecule has 105 heavy (non-hydrogen) atoms. The van der Waals surface area contributed by atoms with Gasteiger partial charge in [0.2, 0.25) is 5.91 Å². The fourth-order valence-corrected chi connectivity index (χ4v) is 18.4. The third kappa shape index (κ3) is 17.4. The van der Waals surface area contributed by atoms with Gasteiger partial charge < -0.3 is 50.0 Å². The van der Waals surface area contributed by atoms with E-state index in [0.717, 1.165) is 63.2 Å². The monoisotopic (exact) mass is 1480 g/mol. The van der Waals surface area contributed by atoms with Gasteiger partial charge in [-0.05, 0) is 152 Å². The van der Waals surface area contributed by atoms with Crippen molar-refractivity contribution in [3.63, 3.8) is 0 Å². The van der Waals surface area contributed by atoms with Crippen LogP contribution in [0.2, 0.25) is 0 Å². The highest BCUT2D eigenvalue weighted by Gasteiger charge is 2.66. The number of nitrogens with one attached hydrogen (secondary N) is 2. The first-order valence-corrected chi connectivity index (χ1v) is 37.5. The second-order valence-corrected chi connectivity index (χ2v) is 31.9. The first-order valence-electron chi connectivity index (χ1n) is 35.0. The smallest absolute Gasteiger partial charge is 0.410 e. The highest BCUT2D eigenvalue weighted by Crippen LogP contribution is 2.72. The molecule has 5 amide bonds. The van der Waals surface area contributed by atoms with Gasteiger partial charge in [0, 0.05) is 92.0 Å². The van der Waals surface area contributed by atoms with Crippen LogP contribution in [0.4, 0.5) is 15.6 Å². The van der Waals surface area contributed by atoms with Crippen LogP contribution in [0.3, 0.4) is 0 Å². The summed E-state index contributed by atoms with van der Waals surface area (Å²) in [5, 5.41) is 64.9. The number of rotatable bonds is 31. The minimum absolute atomic E-state index is 0.00791.